The number of hydrogen-bond donors (Lipinski definition) is 2. The lowest BCUT2D eigenvalue weighted by Crippen LogP contribution is -2.34. The van der Waals surface area contributed by atoms with Gasteiger partial charge in [-0.3, -0.25) is 0 Å². The predicted molar refractivity (Wildman–Crippen MR) is 54.4 cm³/mol. The minimum Gasteiger partial charge on any atom is -0.389 e. The Morgan fingerprint density at radius 3 is 2.46 bits per heavy atom. The number of hydrogen-bond acceptors (Lipinski definition) is 2. The molecular weight excluding hydrogens is 162 g/mol. The summed E-state index contributed by atoms with van der Waals surface area (Å²) in [7, 11) is 0. The van der Waals surface area contributed by atoms with E-state index in [1.165, 1.54) is 5.56 Å². The number of aliphatic hydroxyl groups is 1. The first-order valence-electron chi connectivity index (χ1n) is 4.60. The van der Waals surface area contributed by atoms with Crippen LogP contribution >= 0.6 is 0 Å². The maximum atomic E-state index is 9.66. The number of nitrogens with two attached hydrogens (primary N) is 1. The fourth-order valence-corrected chi connectivity index (χ4v) is 1.16. The second kappa shape index (κ2) is 4.40. The molecule has 1 aromatic rings. The second-order valence-corrected chi connectivity index (χ2v) is 3.69. The molecule has 0 aliphatic rings. The Hall–Kier alpha value is -0.860. The fourth-order valence-electron chi connectivity index (χ4n) is 1.16. The zero-order chi connectivity index (χ0) is 9.73. The summed E-state index contributed by atoms with van der Waals surface area (Å²) in [5.74, 6) is 0. The Bertz CT molecular complexity index is 244. The third kappa shape index (κ3) is 3.57. The van der Waals surface area contributed by atoms with Crippen LogP contribution in [0, 0.1) is 0 Å². The minimum absolute atomic E-state index is 0.319. The Balaban J connectivity index is 2.44. The number of benzene rings is 1. The van der Waals surface area contributed by atoms with Gasteiger partial charge in [0.2, 0.25) is 0 Å². The first-order chi connectivity index (χ1) is 6.14. The molecule has 72 valence electrons. The Morgan fingerprint density at radius 2 is 1.92 bits per heavy atom. The maximum absolute atomic E-state index is 9.66. The third-order valence-electron chi connectivity index (χ3n) is 2.23. The summed E-state index contributed by atoms with van der Waals surface area (Å²) in [6, 6.07) is 10.1. The van der Waals surface area contributed by atoms with E-state index in [-0.39, 0.29) is 0 Å². The Kier molecular flexibility index (Phi) is 3.46. The van der Waals surface area contributed by atoms with Crippen LogP contribution < -0.4 is 5.73 Å². The lowest BCUT2D eigenvalue weighted by molar-refractivity contribution is 0.0603. The Morgan fingerprint density at radius 1 is 1.31 bits per heavy atom. The molecule has 0 heterocycles. The lowest BCUT2D eigenvalue weighted by atomic mass is 9.97. The second-order valence-electron chi connectivity index (χ2n) is 3.69. The van der Waals surface area contributed by atoms with Crippen LogP contribution in [0.5, 0.6) is 0 Å². The Labute approximate surface area is 79.4 Å². The summed E-state index contributed by atoms with van der Waals surface area (Å²) in [6.45, 7) is 2.09. The molecule has 0 spiro atoms. The van der Waals surface area contributed by atoms with E-state index in [2.05, 4.69) is 12.1 Å². The minimum atomic E-state index is -0.726. The zero-order valence-corrected chi connectivity index (χ0v) is 8.03. The van der Waals surface area contributed by atoms with Crippen LogP contribution in [0.2, 0.25) is 0 Å². The highest BCUT2D eigenvalue weighted by Crippen LogP contribution is 2.12. The van der Waals surface area contributed by atoms with E-state index in [9.17, 15) is 5.11 Å². The molecule has 0 saturated heterocycles. The maximum Gasteiger partial charge on any atom is 0.0744 e. The van der Waals surface area contributed by atoms with E-state index < -0.39 is 5.60 Å². The van der Waals surface area contributed by atoms with Crippen molar-refractivity contribution in [3.8, 4) is 0 Å². The van der Waals surface area contributed by atoms with Crippen LogP contribution in [0.25, 0.3) is 0 Å². The predicted octanol–water partition coefficient (Wildman–Crippen LogP) is 1.33. The summed E-state index contributed by atoms with van der Waals surface area (Å²) in [4.78, 5) is 0. The molecule has 13 heavy (non-hydrogen) atoms. The monoisotopic (exact) mass is 179 g/mol. The molecule has 3 N–H and O–H groups in total. The molecule has 2 heteroatoms. The van der Waals surface area contributed by atoms with Crippen molar-refractivity contribution in [1.29, 1.82) is 0 Å². The van der Waals surface area contributed by atoms with Crippen molar-refractivity contribution in [3.05, 3.63) is 35.9 Å². The molecular formula is C11H17NO. The molecule has 1 unspecified atom stereocenters. The topological polar surface area (TPSA) is 46.2 Å². The van der Waals surface area contributed by atoms with E-state index in [0.717, 1.165) is 6.42 Å². The average molecular weight is 179 g/mol. The average Bonchev–Trinajstić information content (AvgIpc) is 2.17. The molecule has 1 rings (SSSR count). The number of aryl methyl sites for hydroxylation is 1. The van der Waals surface area contributed by atoms with Crippen molar-refractivity contribution < 1.29 is 5.11 Å². The van der Waals surface area contributed by atoms with Gasteiger partial charge in [0.1, 0.15) is 0 Å². The number of rotatable bonds is 4. The van der Waals surface area contributed by atoms with Crippen molar-refractivity contribution in [3.63, 3.8) is 0 Å². The first-order valence-corrected chi connectivity index (χ1v) is 4.60. The van der Waals surface area contributed by atoms with Crippen LogP contribution in [0.3, 0.4) is 0 Å². The first kappa shape index (κ1) is 10.2. The van der Waals surface area contributed by atoms with Gasteiger partial charge in [0.25, 0.3) is 0 Å². The quantitative estimate of drug-likeness (QED) is 0.732. The van der Waals surface area contributed by atoms with Gasteiger partial charge in [-0.05, 0) is 25.3 Å². The van der Waals surface area contributed by atoms with Crippen LogP contribution in [-0.4, -0.2) is 17.3 Å². The normalized spacial score (nSPS) is 15.3. The molecule has 0 aromatic heterocycles. The van der Waals surface area contributed by atoms with Crippen molar-refractivity contribution >= 4 is 0 Å². The summed E-state index contributed by atoms with van der Waals surface area (Å²) < 4.78 is 0. The van der Waals surface area contributed by atoms with Gasteiger partial charge in [-0.2, -0.15) is 0 Å². The van der Waals surface area contributed by atoms with E-state index in [1.807, 2.05) is 18.2 Å². The largest absolute Gasteiger partial charge is 0.389 e. The summed E-state index contributed by atoms with van der Waals surface area (Å²) in [5.41, 5.74) is 5.94. The van der Waals surface area contributed by atoms with Crippen molar-refractivity contribution in [2.24, 2.45) is 5.73 Å². The third-order valence-corrected chi connectivity index (χ3v) is 2.23. The van der Waals surface area contributed by atoms with Crippen LogP contribution in [-0.2, 0) is 6.42 Å². The van der Waals surface area contributed by atoms with E-state index >= 15 is 0 Å². The smallest absolute Gasteiger partial charge is 0.0744 e. The molecule has 2 nitrogen and oxygen atoms in total. The summed E-state index contributed by atoms with van der Waals surface area (Å²) in [6.07, 6.45) is 1.60. The SMILES string of the molecule is CC(O)(CN)CCc1ccccc1. The molecule has 0 aliphatic carbocycles. The van der Waals surface area contributed by atoms with Gasteiger partial charge in [-0.1, -0.05) is 30.3 Å². The summed E-state index contributed by atoms with van der Waals surface area (Å²) in [5, 5.41) is 9.66. The van der Waals surface area contributed by atoms with E-state index in [1.54, 1.807) is 6.92 Å². The molecule has 0 aliphatic heterocycles. The highest BCUT2D eigenvalue weighted by atomic mass is 16.3. The van der Waals surface area contributed by atoms with Gasteiger partial charge in [-0.15, -0.1) is 0 Å². The highest BCUT2D eigenvalue weighted by Gasteiger charge is 2.16. The molecule has 1 atom stereocenters. The zero-order valence-electron chi connectivity index (χ0n) is 8.03. The van der Waals surface area contributed by atoms with Crippen LogP contribution in [0.4, 0.5) is 0 Å². The highest BCUT2D eigenvalue weighted by molar-refractivity contribution is 5.14. The van der Waals surface area contributed by atoms with Gasteiger partial charge < -0.3 is 10.8 Å². The van der Waals surface area contributed by atoms with Gasteiger partial charge in [-0.25, -0.2) is 0 Å². The van der Waals surface area contributed by atoms with E-state index in [4.69, 9.17) is 5.73 Å². The van der Waals surface area contributed by atoms with Crippen molar-refractivity contribution in [2.75, 3.05) is 6.54 Å². The summed E-state index contributed by atoms with van der Waals surface area (Å²) >= 11 is 0. The van der Waals surface area contributed by atoms with Gasteiger partial charge in [0.05, 0.1) is 5.60 Å². The van der Waals surface area contributed by atoms with Gasteiger partial charge in [0, 0.05) is 6.54 Å². The van der Waals surface area contributed by atoms with Crippen molar-refractivity contribution in [1.82, 2.24) is 0 Å². The molecule has 0 radical (unpaired) electrons. The van der Waals surface area contributed by atoms with Crippen molar-refractivity contribution in [2.45, 2.75) is 25.4 Å². The van der Waals surface area contributed by atoms with Gasteiger partial charge >= 0.3 is 0 Å². The van der Waals surface area contributed by atoms with E-state index in [0.29, 0.717) is 13.0 Å². The molecule has 1 aromatic carbocycles. The van der Waals surface area contributed by atoms with Crippen LogP contribution in [0.1, 0.15) is 18.9 Å². The lowest BCUT2D eigenvalue weighted by Gasteiger charge is -2.20. The molecule has 0 amide bonds. The molecule has 0 fully saturated rings. The van der Waals surface area contributed by atoms with Gasteiger partial charge in [0.15, 0.2) is 0 Å². The standard InChI is InChI=1S/C11H17NO/c1-11(13,9-12)8-7-10-5-3-2-4-6-10/h2-6,13H,7-9,12H2,1H3. The van der Waals surface area contributed by atoms with Crippen LogP contribution in [0.15, 0.2) is 30.3 Å². The fraction of sp³-hybridized carbons (Fsp3) is 0.455. The molecule has 0 bridgehead atoms. The molecule has 0 saturated carbocycles.